The fourth-order valence-electron chi connectivity index (χ4n) is 3.44. The molecule has 0 heterocycles. The van der Waals surface area contributed by atoms with E-state index < -0.39 is 0 Å². The second kappa shape index (κ2) is 7.21. The molecule has 0 aromatic heterocycles. The molecule has 0 saturated heterocycles. The van der Waals surface area contributed by atoms with Crippen LogP contribution in [-0.4, -0.2) is 12.6 Å². The first-order valence-electron chi connectivity index (χ1n) is 8.07. The Balaban J connectivity index is 2.20. The standard InChI is InChI=1S/C18H28FN/c1-13(2)20-12-15-7-5-4-6-8-17(15)18-11-16(19)10-9-14(18)3/h9-11,13,15,17,20H,4-8,12H2,1-3H3. The SMILES string of the molecule is Cc1ccc(F)cc1C1CCCCCC1CNC(C)C. The normalized spacial score (nSPS) is 23.9. The van der Waals surface area contributed by atoms with Crippen molar-refractivity contribution in [1.29, 1.82) is 0 Å². The molecule has 2 rings (SSSR count). The van der Waals surface area contributed by atoms with Gasteiger partial charge in [-0.1, -0.05) is 39.2 Å². The van der Waals surface area contributed by atoms with E-state index in [0.29, 0.717) is 17.9 Å². The number of halogens is 1. The van der Waals surface area contributed by atoms with Crippen LogP contribution in [0.5, 0.6) is 0 Å². The minimum atomic E-state index is -0.0922. The average molecular weight is 277 g/mol. The molecule has 112 valence electrons. The van der Waals surface area contributed by atoms with Gasteiger partial charge in [0.25, 0.3) is 0 Å². The maximum Gasteiger partial charge on any atom is 0.123 e. The van der Waals surface area contributed by atoms with E-state index in [9.17, 15) is 4.39 Å². The van der Waals surface area contributed by atoms with Crippen molar-refractivity contribution in [1.82, 2.24) is 5.32 Å². The first kappa shape index (κ1) is 15.5. The molecule has 2 atom stereocenters. The molecule has 0 spiro atoms. The van der Waals surface area contributed by atoms with E-state index in [1.165, 1.54) is 43.2 Å². The molecule has 1 fully saturated rings. The minimum absolute atomic E-state index is 0.0922. The van der Waals surface area contributed by atoms with Crippen LogP contribution in [0.25, 0.3) is 0 Å². The van der Waals surface area contributed by atoms with Crippen molar-refractivity contribution in [3.8, 4) is 0 Å². The molecule has 1 aliphatic rings. The molecule has 1 aromatic carbocycles. The summed E-state index contributed by atoms with van der Waals surface area (Å²) in [6.45, 7) is 7.56. The lowest BCUT2D eigenvalue weighted by Crippen LogP contribution is -2.31. The lowest BCUT2D eigenvalue weighted by Gasteiger charge is -2.28. The summed E-state index contributed by atoms with van der Waals surface area (Å²) in [7, 11) is 0. The van der Waals surface area contributed by atoms with Crippen LogP contribution in [0, 0.1) is 18.7 Å². The van der Waals surface area contributed by atoms with Gasteiger partial charge < -0.3 is 5.32 Å². The third kappa shape index (κ3) is 4.05. The molecule has 1 aromatic rings. The lowest BCUT2D eigenvalue weighted by molar-refractivity contribution is 0.361. The summed E-state index contributed by atoms with van der Waals surface area (Å²) in [6.07, 6.45) is 6.38. The number of aryl methyl sites for hydroxylation is 1. The Bertz CT molecular complexity index is 427. The van der Waals surface area contributed by atoms with Crippen molar-refractivity contribution in [2.24, 2.45) is 5.92 Å². The van der Waals surface area contributed by atoms with E-state index in [-0.39, 0.29) is 5.82 Å². The zero-order valence-corrected chi connectivity index (χ0v) is 13.1. The lowest BCUT2D eigenvalue weighted by atomic mass is 9.80. The Morgan fingerprint density at radius 1 is 1.20 bits per heavy atom. The van der Waals surface area contributed by atoms with Crippen molar-refractivity contribution in [2.75, 3.05) is 6.54 Å². The maximum absolute atomic E-state index is 13.6. The second-order valence-corrected chi connectivity index (χ2v) is 6.57. The predicted molar refractivity (Wildman–Crippen MR) is 83.6 cm³/mol. The van der Waals surface area contributed by atoms with E-state index >= 15 is 0 Å². The maximum atomic E-state index is 13.6. The van der Waals surface area contributed by atoms with Crippen LogP contribution in [0.15, 0.2) is 18.2 Å². The number of benzene rings is 1. The molecular formula is C18H28FN. The third-order valence-electron chi connectivity index (χ3n) is 4.59. The first-order chi connectivity index (χ1) is 9.58. The molecule has 20 heavy (non-hydrogen) atoms. The molecule has 2 heteroatoms. The Morgan fingerprint density at radius 2 is 1.95 bits per heavy atom. The fraction of sp³-hybridized carbons (Fsp3) is 0.667. The molecular weight excluding hydrogens is 249 g/mol. The highest BCUT2D eigenvalue weighted by Gasteiger charge is 2.26. The fourth-order valence-corrected chi connectivity index (χ4v) is 3.44. The van der Waals surface area contributed by atoms with Crippen molar-refractivity contribution in [3.05, 3.63) is 35.1 Å². The number of nitrogens with one attached hydrogen (secondary N) is 1. The van der Waals surface area contributed by atoms with Crippen LogP contribution >= 0.6 is 0 Å². The van der Waals surface area contributed by atoms with Gasteiger partial charge in [-0.2, -0.15) is 0 Å². The number of hydrogen-bond acceptors (Lipinski definition) is 1. The summed E-state index contributed by atoms with van der Waals surface area (Å²) in [5, 5.41) is 3.58. The van der Waals surface area contributed by atoms with Gasteiger partial charge >= 0.3 is 0 Å². The van der Waals surface area contributed by atoms with Crippen LogP contribution in [-0.2, 0) is 0 Å². The van der Waals surface area contributed by atoms with Crippen molar-refractivity contribution < 1.29 is 4.39 Å². The summed E-state index contributed by atoms with van der Waals surface area (Å²) in [6, 6.07) is 5.81. The molecule has 2 unspecified atom stereocenters. The molecule has 0 radical (unpaired) electrons. The summed E-state index contributed by atoms with van der Waals surface area (Å²) in [5.74, 6) is 1.06. The summed E-state index contributed by atoms with van der Waals surface area (Å²) in [5.41, 5.74) is 2.48. The highest BCUT2D eigenvalue weighted by Crippen LogP contribution is 2.38. The van der Waals surface area contributed by atoms with Crippen LogP contribution in [0.1, 0.15) is 63.0 Å². The minimum Gasteiger partial charge on any atom is -0.314 e. The Kier molecular flexibility index (Phi) is 5.59. The van der Waals surface area contributed by atoms with Crippen molar-refractivity contribution >= 4 is 0 Å². The second-order valence-electron chi connectivity index (χ2n) is 6.57. The molecule has 0 aliphatic heterocycles. The van der Waals surface area contributed by atoms with Crippen LogP contribution in [0.4, 0.5) is 4.39 Å². The largest absolute Gasteiger partial charge is 0.314 e. The zero-order valence-electron chi connectivity index (χ0n) is 13.1. The zero-order chi connectivity index (χ0) is 14.5. The van der Waals surface area contributed by atoms with Gasteiger partial charge in [-0.3, -0.25) is 0 Å². The molecule has 0 bridgehead atoms. The van der Waals surface area contributed by atoms with Gasteiger partial charge in [0.1, 0.15) is 5.82 Å². The summed E-state index contributed by atoms with van der Waals surface area (Å²) in [4.78, 5) is 0. The first-order valence-corrected chi connectivity index (χ1v) is 8.07. The predicted octanol–water partition coefficient (Wildman–Crippen LogP) is 4.80. The Hall–Kier alpha value is -0.890. The highest BCUT2D eigenvalue weighted by molar-refractivity contribution is 5.30. The van der Waals surface area contributed by atoms with Crippen LogP contribution in [0.2, 0.25) is 0 Å². The van der Waals surface area contributed by atoms with Gasteiger partial charge in [-0.05, 0) is 61.4 Å². The molecule has 1 saturated carbocycles. The van der Waals surface area contributed by atoms with E-state index in [1.807, 2.05) is 6.07 Å². The molecule has 0 amide bonds. The van der Waals surface area contributed by atoms with Gasteiger partial charge in [0, 0.05) is 6.04 Å². The smallest absolute Gasteiger partial charge is 0.123 e. The van der Waals surface area contributed by atoms with Gasteiger partial charge in [0.15, 0.2) is 0 Å². The van der Waals surface area contributed by atoms with E-state index in [4.69, 9.17) is 0 Å². The Morgan fingerprint density at radius 3 is 2.70 bits per heavy atom. The Labute approximate surface area is 123 Å². The van der Waals surface area contributed by atoms with Crippen LogP contribution in [0.3, 0.4) is 0 Å². The molecule has 1 N–H and O–H groups in total. The topological polar surface area (TPSA) is 12.0 Å². The average Bonchev–Trinajstić information content (AvgIpc) is 2.64. The quantitative estimate of drug-likeness (QED) is 0.780. The van der Waals surface area contributed by atoms with Gasteiger partial charge in [-0.15, -0.1) is 0 Å². The van der Waals surface area contributed by atoms with E-state index in [0.717, 1.165) is 6.54 Å². The highest BCUT2D eigenvalue weighted by atomic mass is 19.1. The number of hydrogen-bond donors (Lipinski definition) is 1. The van der Waals surface area contributed by atoms with Gasteiger partial charge in [0.05, 0.1) is 0 Å². The van der Waals surface area contributed by atoms with Gasteiger partial charge in [0.2, 0.25) is 0 Å². The van der Waals surface area contributed by atoms with E-state index in [2.05, 4.69) is 26.1 Å². The van der Waals surface area contributed by atoms with Crippen LogP contribution < -0.4 is 5.32 Å². The van der Waals surface area contributed by atoms with Crippen molar-refractivity contribution in [3.63, 3.8) is 0 Å². The third-order valence-corrected chi connectivity index (χ3v) is 4.59. The van der Waals surface area contributed by atoms with E-state index in [1.54, 1.807) is 12.1 Å². The molecule has 1 aliphatic carbocycles. The molecule has 1 nitrogen and oxygen atoms in total. The monoisotopic (exact) mass is 277 g/mol. The van der Waals surface area contributed by atoms with Gasteiger partial charge in [-0.25, -0.2) is 4.39 Å². The number of rotatable bonds is 4. The summed E-state index contributed by atoms with van der Waals surface area (Å²) < 4.78 is 13.6. The summed E-state index contributed by atoms with van der Waals surface area (Å²) >= 11 is 0. The van der Waals surface area contributed by atoms with Crippen molar-refractivity contribution in [2.45, 2.75) is 64.8 Å².